The van der Waals surface area contributed by atoms with Crippen LogP contribution in [-0.2, 0) is 0 Å². The van der Waals surface area contributed by atoms with Crippen molar-refractivity contribution in [2.75, 3.05) is 0 Å². The van der Waals surface area contributed by atoms with Gasteiger partial charge in [-0.25, -0.2) is 0 Å². The van der Waals surface area contributed by atoms with Crippen molar-refractivity contribution in [2.24, 2.45) is 0 Å². The molecule has 10 rings (SSSR count). The molecular formula is C87H160N6O5S2. The molecule has 0 bridgehead atoms. The third kappa shape index (κ3) is 69.9. The minimum Gasteiger partial charge on any atom is -0.472 e. The van der Waals surface area contributed by atoms with E-state index in [2.05, 4.69) is 236 Å². The Balaban J connectivity index is -0.000000109. The van der Waals surface area contributed by atoms with Gasteiger partial charge in [0, 0.05) is 77.1 Å². The summed E-state index contributed by atoms with van der Waals surface area (Å²) < 4.78 is 26.2. The first-order valence-corrected chi connectivity index (χ1v) is 40.1. The molecule has 0 fully saturated rings. The summed E-state index contributed by atoms with van der Waals surface area (Å²) in [6.45, 7) is 82.9. The van der Waals surface area contributed by atoms with Crippen molar-refractivity contribution in [1.29, 1.82) is 0 Å². The molecule has 0 unspecified atom stereocenters. The first-order chi connectivity index (χ1) is 48.0. The van der Waals surface area contributed by atoms with E-state index in [1.807, 2.05) is 217 Å². The molecule has 2 N–H and O–H groups in total. The Bertz CT molecular complexity index is 2060. The van der Waals surface area contributed by atoms with E-state index in [0.29, 0.717) is 59.3 Å². The minimum atomic E-state index is 0.456. The molecule has 580 valence electrons. The Morgan fingerprint density at radius 2 is 0.940 bits per heavy atom. The van der Waals surface area contributed by atoms with Gasteiger partial charge < -0.3 is 36.9 Å². The zero-order chi connectivity index (χ0) is 79.8. The lowest BCUT2D eigenvalue weighted by molar-refractivity contribution is 0.371. The van der Waals surface area contributed by atoms with Crippen LogP contribution >= 0.6 is 22.7 Å². The van der Waals surface area contributed by atoms with Crippen LogP contribution in [0.25, 0.3) is 0 Å². The molecular weight excluding hydrogens is 1270 g/mol. The van der Waals surface area contributed by atoms with Gasteiger partial charge in [-0.05, 0) is 149 Å². The standard InChI is InChI=1S/3C7H11N.2C7H10O.2C7H10S.3C6H9NO.10C2H6/c1-6(2)7-3-4-8-5-7;1-7(2)8-5-3-4-6-8;1-6(2)7-4-3-5-8-7;1-6(2)7-3-4-8-5-7;1-6(2)7-4-3-5-8-7;1-6(2)7-3-4-8-5-7;1-6(2)7-4-3-5-8-7;1-5(2)6-3-7-8-4-6;1-5(2)6-3-4-8-7-6;1-5(2)6-3-4-7-8-6;10*1-2/h3-6,8H,1-2H3;3-7H,1-2H3;3-6,8H,1-2H3;4*3-6H,1-2H3;3*3-5H,1-2H3;10*1-2H3. The van der Waals surface area contributed by atoms with Gasteiger partial charge in [0.25, 0.3) is 0 Å². The predicted octanol–water partition coefficient (Wildman–Crippen LogP) is 32.6. The highest BCUT2D eigenvalue weighted by Crippen LogP contribution is 2.20. The molecule has 13 heteroatoms. The number of nitrogens with one attached hydrogen (secondary N) is 2. The van der Waals surface area contributed by atoms with Crippen molar-refractivity contribution >= 4 is 22.7 Å². The van der Waals surface area contributed by atoms with E-state index in [1.54, 1.807) is 55.0 Å². The van der Waals surface area contributed by atoms with Crippen LogP contribution in [0.3, 0.4) is 0 Å². The third-order valence-corrected chi connectivity index (χ3v) is 13.5. The summed E-state index contributed by atoms with van der Waals surface area (Å²) in [6, 6.07) is 27.0. The summed E-state index contributed by atoms with van der Waals surface area (Å²) >= 11 is 3.60. The molecule has 0 atom stereocenters. The van der Waals surface area contributed by atoms with Crippen LogP contribution < -0.4 is 0 Å². The van der Waals surface area contributed by atoms with E-state index in [1.165, 1.54) is 27.3 Å². The van der Waals surface area contributed by atoms with E-state index in [-0.39, 0.29) is 0 Å². The molecule has 0 spiro atoms. The van der Waals surface area contributed by atoms with Gasteiger partial charge in [-0.1, -0.05) is 285 Å². The van der Waals surface area contributed by atoms with E-state index in [4.69, 9.17) is 13.4 Å². The first-order valence-electron chi connectivity index (χ1n) is 38.2. The predicted molar refractivity (Wildman–Crippen MR) is 452 cm³/mol. The Hall–Kier alpha value is -6.57. The molecule has 0 aliphatic heterocycles. The van der Waals surface area contributed by atoms with E-state index in [9.17, 15) is 0 Å². The van der Waals surface area contributed by atoms with Crippen LogP contribution in [0.2, 0.25) is 0 Å². The minimum absolute atomic E-state index is 0.456. The van der Waals surface area contributed by atoms with Gasteiger partial charge in [-0.3, -0.25) is 0 Å². The lowest BCUT2D eigenvalue weighted by atomic mass is 10.1. The van der Waals surface area contributed by atoms with Crippen molar-refractivity contribution < 1.29 is 22.4 Å². The summed E-state index contributed by atoms with van der Waals surface area (Å²) in [4.78, 5) is 7.62. The zero-order valence-corrected chi connectivity index (χ0v) is 73.7. The van der Waals surface area contributed by atoms with Gasteiger partial charge in [0.05, 0.1) is 36.9 Å². The molecule has 0 saturated carbocycles. The van der Waals surface area contributed by atoms with Crippen LogP contribution in [0.1, 0.15) is 386 Å². The van der Waals surface area contributed by atoms with Gasteiger partial charge in [0.2, 0.25) is 0 Å². The maximum absolute atomic E-state index is 5.09. The Morgan fingerprint density at radius 1 is 0.400 bits per heavy atom. The second kappa shape index (κ2) is 88.5. The summed E-state index contributed by atoms with van der Waals surface area (Å²) in [5, 5.41) is 17.3. The second-order valence-corrected chi connectivity index (χ2v) is 23.6. The van der Waals surface area contributed by atoms with Gasteiger partial charge >= 0.3 is 0 Å². The Morgan fingerprint density at radius 3 is 1.14 bits per heavy atom. The van der Waals surface area contributed by atoms with Crippen molar-refractivity contribution in [3.63, 3.8) is 0 Å². The SMILES string of the molecule is CC.CC.CC.CC.CC.CC.CC.CC.CC.CC.CC(C)c1cc[nH]c1.CC(C)c1ccc[nH]1.CC(C)c1ccco1.CC(C)c1cccs1.CC(C)c1ccno1.CC(C)c1ccoc1.CC(C)c1ccon1.CC(C)c1ccsc1.CC(C)c1cnoc1.CC(C)n1cccc1. The largest absolute Gasteiger partial charge is 0.472 e. The van der Waals surface area contributed by atoms with Crippen LogP contribution in [0, 0.1) is 0 Å². The highest BCUT2D eigenvalue weighted by molar-refractivity contribution is 7.10. The Kier molecular flexibility index (Phi) is 102. The molecule has 10 aromatic rings. The van der Waals surface area contributed by atoms with Gasteiger partial charge in [-0.15, -0.1) is 11.3 Å². The molecule has 0 radical (unpaired) electrons. The number of rotatable bonds is 10. The molecule has 10 aromatic heterocycles. The van der Waals surface area contributed by atoms with Gasteiger partial charge in [0.15, 0.2) is 0 Å². The molecule has 10 heterocycles. The van der Waals surface area contributed by atoms with Crippen LogP contribution in [0.15, 0.2) is 192 Å². The van der Waals surface area contributed by atoms with Crippen LogP contribution in [0.5, 0.6) is 0 Å². The quantitative estimate of drug-likeness (QED) is 0.138. The van der Waals surface area contributed by atoms with E-state index in [0.717, 1.165) is 22.8 Å². The first kappa shape index (κ1) is 115. The van der Waals surface area contributed by atoms with Crippen molar-refractivity contribution in [1.82, 2.24) is 30.0 Å². The number of hydrogen-bond donors (Lipinski definition) is 2. The lowest BCUT2D eigenvalue weighted by Crippen LogP contribution is -1.94. The number of aromatic amines is 2. The topological polar surface area (TPSA) is 141 Å². The average molecular weight is 1430 g/mol. The molecule has 0 amide bonds. The van der Waals surface area contributed by atoms with Crippen molar-refractivity contribution in [3.05, 3.63) is 220 Å². The maximum Gasteiger partial charge on any atom is 0.139 e. The number of thiophene rings is 2. The van der Waals surface area contributed by atoms with Crippen LogP contribution in [0.4, 0.5) is 0 Å². The number of hydrogen-bond acceptors (Lipinski definition) is 10. The third-order valence-electron chi connectivity index (χ3n) is 11.6. The fraction of sp³-hybridized carbons (Fsp3) is 0.575. The second-order valence-electron chi connectivity index (χ2n) is 21.8. The van der Waals surface area contributed by atoms with Crippen LogP contribution in [-0.4, -0.2) is 30.0 Å². The van der Waals surface area contributed by atoms with Gasteiger partial charge in [0.1, 0.15) is 24.0 Å². The molecule has 0 aliphatic carbocycles. The number of furan rings is 2. The fourth-order valence-electron chi connectivity index (χ4n) is 6.08. The summed E-state index contributed by atoms with van der Waals surface area (Å²) in [7, 11) is 0. The molecule has 100 heavy (non-hydrogen) atoms. The fourth-order valence-corrected chi connectivity index (χ4v) is 7.65. The average Bonchev–Trinajstić information content (AvgIpc) is 3.90. The normalized spacial score (nSPS) is 8.90. The molecule has 0 aliphatic rings. The highest BCUT2D eigenvalue weighted by Gasteiger charge is 2.03. The summed E-state index contributed by atoms with van der Waals surface area (Å²) in [5.41, 5.74) is 7.59. The Labute approximate surface area is 627 Å². The number of H-pyrrole nitrogens is 2. The zero-order valence-electron chi connectivity index (χ0n) is 72.1. The summed E-state index contributed by atoms with van der Waals surface area (Å²) in [5.74, 6) is 7.27. The molecule has 0 saturated heterocycles. The molecule has 11 nitrogen and oxygen atoms in total. The monoisotopic (exact) mass is 1430 g/mol. The highest BCUT2D eigenvalue weighted by atomic mass is 32.1. The summed E-state index contributed by atoms with van der Waals surface area (Å²) in [6.07, 6.45) is 21.9. The van der Waals surface area contributed by atoms with E-state index < -0.39 is 0 Å². The van der Waals surface area contributed by atoms with E-state index >= 15 is 0 Å². The number of nitrogens with zero attached hydrogens (tertiary/aromatic N) is 4. The lowest BCUT2D eigenvalue weighted by Gasteiger charge is -2.03. The van der Waals surface area contributed by atoms with Gasteiger partial charge in [-0.2, -0.15) is 11.3 Å². The van der Waals surface area contributed by atoms with Crippen molar-refractivity contribution in [3.8, 4) is 0 Å². The molecule has 0 aromatic carbocycles. The number of aromatic nitrogens is 6. The maximum atomic E-state index is 5.09. The smallest absolute Gasteiger partial charge is 0.139 e. The van der Waals surface area contributed by atoms with Crippen molar-refractivity contribution in [2.45, 2.75) is 336 Å².